The van der Waals surface area contributed by atoms with Gasteiger partial charge in [-0.3, -0.25) is 14.9 Å². The number of carbonyl (C=O) groups excluding carboxylic acids is 1. The van der Waals surface area contributed by atoms with Gasteiger partial charge in [-0.05, 0) is 26.8 Å². The summed E-state index contributed by atoms with van der Waals surface area (Å²) in [5.74, 6) is 0.163. The zero-order valence-corrected chi connectivity index (χ0v) is 16.7. The number of nitro groups is 1. The monoisotopic (exact) mass is 380 g/mol. The molecule has 0 aromatic heterocycles. The maximum Gasteiger partial charge on any atom is 0.249 e. The summed E-state index contributed by atoms with van der Waals surface area (Å²) in [4.78, 5) is 26.3. The third-order valence-electron chi connectivity index (χ3n) is 5.87. The van der Waals surface area contributed by atoms with Gasteiger partial charge in [0, 0.05) is 48.4 Å². The highest BCUT2D eigenvalue weighted by molar-refractivity contribution is 5.96. The van der Waals surface area contributed by atoms with Crippen LogP contribution in [0.15, 0.2) is 48.5 Å². The first-order valence-electron chi connectivity index (χ1n) is 9.94. The highest BCUT2D eigenvalue weighted by Crippen LogP contribution is 2.36. The SMILES string of the molecule is Cc1ccc(C(=O)CCCN2CCC(c3ccc(C)cc3)([N+](=O)[O-])CC2)cc1. The summed E-state index contributed by atoms with van der Waals surface area (Å²) in [6.07, 6.45) is 2.31. The molecular formula is C23H28N2O3. The van der Waals surface area contributed by atoms with Gasteiger partial charge in [-0.2, -0.15) is 0 Å². The van der Waals surface area contributed by atoms with Crippen LogP contribution in [0.3, 0.4) is 0 Å². The van der Waals surface area contributed by atoms with Crippen molar-refractivity contribution in [2.45, 2.75) is 45.1 Å². The van der Waals surface area contributed by atoms with Gasteiger partial charge in [-0.15, -0.1) is 0 Å². The van der Waals surface area contributed by atoms with E-state index in [9.17, 15) is 14.9 Å². The fraction of sp³-hybridized carbons (Fsp3) is 0.435. The molecule has 2 aromatic rings. The molecule has 2 aromatic carbocycles. The Morgan fingerprint density at radius 2 is 1.54 bits per heavy atom. The molecule has 28 heavy (non-hydrogen) atoms. The van der Waals surface area contributed by atoms with Crippen molar-refractivity contribution in [1.82, 2.24) is 4.90 Å². The van der Waals surface area contributed by atoms with Gasteiger partial charge >= 0.3 is 0 Å². The summed E-state index contributed by atoms with van der Waals surface area (Å²) in [5, 5.41) is 11.9. The summed E-state index contributed by atoms with van der Waals surface area (Å²) in [7, 11) is 0. The van der Waals surface area contributed by atoms with E-state index in [1.807, 2.05) is 62.4 Å². The Balaban J connectivity index is 1.52. The summed E-state index contributed by atoms with van der Waals surface area (Å²) in [6, 6.07) is 15.4. The Bertz CT molecular complexity index is 820. The number of Topliss-reactive ketones (excluding diaryl/α,β-unsaturated/α-hetero) is 1. The van der Waals surface area contributed by atoms with E-state index in [1.54, 1.807) is 0 Å². The Morgan fingerprint density at radius 3 is 2.07 bits per heavy atom. The fourth-order valence-corrected chi connectivity index (χ4v) is 3.93. The molecule has 3 rings (SSSR count). The third-order valence-corrected chi connectivity index (χ3v) is 5.87. The molecule has 0 N–H and O–H groups in total. The molecule has 1 saturated heterocycles. The number of hydrogen-bond acceptors (Lipinski definition) is 4. The van der Waals surface area contributed by atoms with E-state index < -0.39 is 5.54 Å². The number of carbonyl (C=O) groups is 1. The summed E-state index contributed by atoms with van der Waals surface area (Å²) < 4.78 is 0. The van der Waals surface area contributed by atoms with Gasteiger partial charge in [0.15, 0.2) is 5.78 Å². The first-order valence-corrected chi connectivity index (χ1v) is 9.94. The molecule has 0 aliphatic carbocycles. The van der Waals surface area contributed by atoms with Crippen LogP contribution in [0.5, 0.6) is 0 Å². The van der Waals surface area contributed by atoms with Gasteiger partial charge < -0.3 is 4.90 Å². The van der Waals surface area contributed by atoms with E-state index in [2.05, 4.69) is 4.90 Å². The molecule has 1 aliphatic heterocycles. The summed E-state index contributed by atoms with van der Waals surface area (Å²) in [6.45, 7) is 6.18. The van der Waals surface area contributed by atoms with Crippen LogP contribution < -0.4 is 0 Å². The molecule has 0 radical (unpaired) electrons. The van der Waals surface area contributed by atoms with Crippen molar-refractivity contribution in [3.05, 3.63) is 80.9 Å². The maximum absolute atomic E-state index is 12.3. The molecule has 5 nitrogen and oxygen atoms in total. The van der Waals surface area contributed by atoms with Crippen molar-refractivity contribution in [3.63, 3.8) is 0 Å². The quantitative estimate of drug-likeness (QED) is 0.402. The maximum atomic E-state index is 12.3. The lowest BCUT2D eigenvalue weighted by Crippen LogP contribution is -2.47. The molecular weight excluding hydrogens is 352 g/mol. The van der Waals surface area contributed by atoms with Crippen LogP contribution in [0.4, 0.5) is 0 Å². The van der Waals surface area contributed by atoms with Crippen LogP contribution in [-0.2, 0) is 5.54 Å². The van der Waals surface area contributed by atoms with E-state index >= 15 is 0 Å². The van der Waals surface area contributed by atoms with Gasteiger partial charge in [-0.1, -0.05) is 59.7 Å². The average molecular weight is 380 g/mol. The predicted octanol–water partition coefficient (Wildman–Crippen LogP) is 4.53. The van der Waals surface area contributed by atoms with Gasteiger partial charge in [0.05, 0.1) is 0 Å². The molecule has 0 unspecified atom stereocenters. The van der Waals surface area contributed by atoms with E-state index in [0.29, 0.717) is 32.4 Å². The minimum Gasteiger partial charge on any atom is -0.303 e. The lowest BCUT2D eigenvalue weighted by atomic mass is 9.81. The lowest BCUT2D eigenvalue weighted by molar-refractivity contribution is -0.585. The van der Waals surface area contributed by atoms with E-state index in [0.717, 1.165) is 35.2 Å². The van der Waals surface area contributed by atoms with Crippen molar-refractivity contribution >= 4 is 5.78 Å². The van der Waals surface area contributed by atoms with E-state index in [1.165, 1.54) is 0 Å². The first-order chi connectivity index (χ1) is 13.4. The number of piperidine rings is 1. The number of nitrogens with zero attached hydrogens (tertiary/aromatic N) is 2. The van der Waals surface area contributed by atoms with Crippen LogP contribution in [0.2, 0.25) is 0 Å². The number of rotatable bonds is 7. The lowest BCUT2D eigenvalue weighted by Gasteiger charge is -2.36. The van der Waals surface area contributed by atoms with Crippen molar-refractivity contribution < 1.29 is 9.72 Å². The van der Waals surface area contributed by atoms with Crippen molar-refractivity contribution in [3.8, 4) is 0 Å². The molecule has 1 aliphatic rings. The minimum atomic E-state index is -0.984. The van der Waals surface area contributed by atoms with Crippen LogP contribution >= 0.6 is 0 Å². The second kappa shape index (κ2) is 8.65. The van der Waals surface area contributed by atoms with Gasteiger partial charge in [-0.25, -0.2) is 0 Å². The van der Waals surface area contributed by atoms with Crippen molar-refractivity contribution in [2.24, 2.45) is 0 Å². The smallest absolute Gasteiger partial charge is 0.249 e. The average Bonchev–Trinajstić information content (AvgIpc) is 2.69. The Hall–Kier alpha value is -2.53. The molecule has 0 spiro atoms. The number of ketones is 1. The number of aryl methyl sites for hydroxylation is 2. The molecule has 1 fully saturated rings. The molecule has 0 saturated carbocycles. The first kappa shape index (κ1) is 20.2. The van der Waals surface area contributed by atoms with Gasteiger partial charge in [0.25, 0.3) is 0 Å². The van der Waals surface area contributed by atoms with Crippen LogP contribution in [0, 0.1) is 24.0 Å². The fourth-order valence-electron chi connectivity index (χ4n) is 3.93. The summed E-state index contributed by atoms with van der Waals surface area (Å²) in [5.41, 5.74) is 2.83. The Kier molecular flexibility index (Phi) is 6.25. The van der Waals surface area contributed by atoms with Crippen LogP contribution in [0.25, 0.3) is 0 Å². The van der Waals surface area contributed by atoms with Crippen molar-refractivity contribution in [1.29, 1.82) is 0 Å². The third kappa shape index (κ3) is 4.47. The van der Waals surface area contributed by atoms with Crippen LogP contribution in [-0.4, -0.2) is 35.2 Å². The topological polar surface area (TPSA) is 63.5 Å². The molecule has 0 bridgehead atoms. The molecule has 148 valence electrons. The molecule has 1 heterocycles. The molecule has 0 atom stereocenters. The second-order valence-electron chi connectivity index (χ2n) is 7.89. The number of benzene rings is 2. The Morgan fingerprint density at radius 1 is 1.00 bits per heavy atom. The zero-order chi connectivity index (χ0) is 20.1. The second-order valence-corrected chi connectivity index (χ2v) is 7.89. The highest BCUT2D eigenvalue weighted by atomic mass is 16.6. The minimum absolute atomic E-state index is 0.101. The highest BCUT2D eigenvalue weighted by Gasteiger charge is 2.47. The Labute approximate surface area is 166 Å². The zero-order valence-electron chi connectivity index (χ0n) is 16.7. The van der Waals surface area contributed by atoms with Gasteiger partial charge in [0.1, 0.15) is 0 Å². The van der Waals surface area contributed by atoms with E-state index in [-0.39, 0.29) is 10.7 Å². The number of hydrogen-bond donors (Lipinski definition) is 0. The molecule has 5 heteroatoms. The predicted molar refractivity (Wildman–Crippen MR) is 110 cm³/mol. The number of likely N-dealkylation sites (tertiary alicyclic amines) is 1. The van der Waals surface area contributed by atoms with Crippen LogP contribution in [0.1, 0.15) is 52.7 Å². The van der Waals surface area contributed by atoms with E-state index in [4.69, 9.17) is 0 Å². The normalized spacial score (nSPS) is 16.6. The van der Waals surface area contributed by atoms with Crippen molar-refractivity contribution in [2.75, 3.05) is 19.6 Å². The van der Waals surface area contributed by atoms with Gasteiger partial charge in [0.2, 0.25) is 5.54 Å². The standard InChI is InChI=1S/C23H28N2O3/c1-18-5-9-20(10-6-18)22(26)4-3-15-24-16-13-23(14-17-24,25(27)28)21-11-7-19(2)8-12-21/h5-12H,3-4,13-17H2,1-2H3. The molecule has 0 amide bonds. The summed E-state index contributed by atoms with van der Waals surface area (Å²) >= 11 is 0. The largest absolute Gasteiger partial charge is 0.303 e.